The number of carbonyl (C=O) groups excluding carboxylic acids is 1. The Balaban J connectivity index is 1.44. The number of carbonyl (C=O) groups is 1. The molecule has 12 heteroatoms. The third-order valence-corrected chi connectivity index (χ3v) is 7.91. The number of nitrogens with one attached hydrogen (secondary N) is 1. The summed E-state index contributed by atoms with van der Waals surface area (Å²) in [6.07, 6.45) is -3.17. The van der Waals surface area contributed by atoms with Crippen molar-refractivity contribution in [3.8, 4) is 0 Å². The molecule has 2 aromatic rings. The number of amides is 1. The number of benzene rings is 1. The fourth-order valence-corrected chi connectivity index (χ4v) is 5.95. The molecule has 0 saturated carbocycles. The van der Waals surface area contributed by atoms with Crippen molar-refractivity contribution < 1.29 is 27.1 Å². The molecule has 5 rings (SSSR count). The summed E-state index contributed by atoms with van der Waals surface area (Å²) in [6.45, 7) is 1.36. The summed E-state index contributed by atoms with van der Waals surface area (Å²) in [7, 11) is 0. The number of ether oxygens (including phenoxy) is 1. The van der Waals surface area contributed by atoms with Crippen LogP contribution in [0.2, 0.25) is 0 Å². The van der Waals surface area contributed by atoms with Crippen LogP contribution in [0.3, 0.4) is 0 Å². The van der Waals surface area contributed by atoms with E-state index in [-0.39, 0.29) is 23.3 Å². The summed E-state index contributed by atoms with van der Waals surface area (Å²) in [5, 5.41) is 3.13. The minimum absolute atomic E-state index is 0.141. The van der Waals surface area contributed by atoms with Crippen LogP contribution in [0.25, 0.3) is 0 Å². The van der Waals surface area contributed by atoms with Crippen LogP contribution in [0.4, 0.5) is 23.2 Å². The molecule has 2 saturated heterocycles. The maximum atomic E-state index is 14.5. The number of anilines is 1. The predicted molar refractivity (Wildman–Crippen MR) is 133 cm³/mol. The quantitative estimate of drug-likeness (QED) is 0.348. The fourth-order valence-electron chi connectivity index (χ4n) is 4.98. The summed E-state index contributed by atoms with van der Waals surface area (Å²) >= 11 is 6.69. The molecule has 1 aromatic heterocycles. The van der Waals surface area contributed by atoms with Crippen LogP contribution in [-0.2, 0) is 21.0 Å². The van der Waals surface area contributed by atoms with Crippen molar-refractivity contribution in [2.45, 2.75) is 48.8 Å². The van der Waals surface area contributed by atoms with Gasteiger partial charge in [0, 0.05) is 46.3 Å². The number of nitrogens with zero attached hydrogens (tertiary/aromatic N) is 3. The van der Waals surface area contributed by atoms with E-state index in [1.807, 2.05) is 11.0 Å². The van der Waals surface area contributed by atoms with Gasteiger partial charge in [0.1, 0.15) is 29.0 Å². The van der Waals surface area contributed by atoms with Crippen LogP contribution < -0.4 is 10.2 Å². The summed E-state index contributed by atoms with van der Waals surface area (Å²) in [4.78, 5) is 23.7. The average molecular weight is 634 g/mol. The van der Waals surface area contributed by atoms with Gasteiger partial charge in [-0.25, -0.2) is 9.37 Å². The van der Waals surface area contributed by atoms with E-state index in [9.17, 15) is 22.4 Å². The van der Waals surface area contributed by atoms with Crippen LogP contribution in [-0.4, -0.2) is 42.0 Å². The Kier molecular flexibility index (Phi) is 6.88. The molecule has 1 N–H and O–H groups in total. The molecular weight excluding hydrogens is 612 g/mol. The molecule has 3 aliphatic heterocycles. The van der Waals surface area contributed by atoms with Crippen LogP contribution in [0.15, 0.2) is 33.7 Å². The first-order valence-electron chi connectivity index (χ1n) is 11.5. The molecule has 36 heavy (non-hydrogen) atoms. The van der Waals surface area contributed by atoms with Gasteiger partial charge in [0.15, 0.2) is 0 Å². The van der Waals surface area contributed by atoms with Crippen molar-refractivity contribution >= 4 is 49.3 Å². The van der Waals surface area contributed by atoms with Crippen molar-refractivity contribution in [1.82, 2.24) is 10.3 Å². The highest BCUT2D eigenvalue weighted by atomic mass is 79.9. The minimum atomic E-state index is -4.60. The van der Waals surface area contributed by atoms with E-state index < -0.39 is 23.5 Å². The number of halogens is 6. The standard InChI is InChI=1S/C24H22Br2F4N4O2/c25-12-15-16(27)10-13(26)11-17(15)34-7-5-23(6-8-34)22(35)32-21(33-23)14-3-4-19(24(28,29)30)31-20(14)18-2-1-9-36-18/h3-4,10-11,18H,1-2,5-9,12H2,(H,32,33,35). The van der Waals surface area contributed by atoms with E-state index in [0.29, 0.717) is 66.3 Å². The Labute approximate surface area is 221 Å². The van der Waals surface area contributed by atoms with E-state index in [2.05, 4.69) is 42.2 Å². The number of alkyl halides is 4. The summed E-state index contributed by atoms with van der Waals surface area (Å²) < 4.78 is 60.8. The van der Waals surface area contributed by atoms with Crippen LogP contribution in [0.1, 0.15) is 54.3 Å². The summed E-state index contributed by atoms with van der Waals surface area (Å²) in [5.74, 6) is -0.404. The van der Waals surface area contributed by atoms with E-state index >= 15 is 0 Å². The van der Waals surface area contributed by atoms with Crippen LogP contribution in [0.5, 0.6) is 0 Å². The van der Waals surface area contributed by atoms with Crippen molar-refractivity contribution in [3.63, 3.8) is 0 Å². The van der Waals surface area contributed by atoms with E-state index in [1.54, 1.807) is 0 Å². The molecule has 4 heterocycles. The molecular formula is C24H22Br2F4N4O2. The minimum Gasteiger partial charge on any atom is -0.372 e. The van der Waals surface area contributed by atoms with Gasteiger partial charge in [-0.15, -0.1) is 0 Å². The van der Waals surface area contributed by atoms with Gasteiger partial charge in [0.25, 0.3) is 5.91 Å². The van der Waals surface area contributed by atoms with Crippen LogP contribution in [0, 0.1) is 5.82 Å². The first-order valence-corrected chi connectivity index (χ1v) is 13.4. The van der Waals surface area contributed by atoms with Crippen LogP contribution >= 0.6 is 31.9 Å². The van der Waals surface area contributed by atoms with Gasteiger partial charge < -0.3 is 15.0 Å². The Morgan fingerprint density at radius 1 is 1.22 bits per heavy atom. The van der Waals surface area contributed by atoms with Crippen molar-refractivity contribution in [2.75, 3.05) is 24.6 Å². The number of hydrogen-bond acceptors (Lipinski definition) is 5. The number of aromatic nitrogens is 1. The van der Waals surface area contributed by atoms with Gasteiger partial charge >= 0.3 is 6.18 Å². The number of piperidine rings is 1. The molecule has 1 spiro atoms. The Bertz CT molecular complexity index is 1220. The Morgan fingerprint density at radius 3 is 2.61 bits per heavy atom. The number of pyridine rings is 1. The normalized spacial score (nSPS) is 21.7. The highest BCUT2D eigenvalue weighted by Gasteiger charge is 2.47. The molecule has 192 valence electrons. The van der Waals surface area contributed by atoms with Crippen molar-refractivity contribution in [1.29, 1.82) is 0 Å². The number of amidine groups is 1. The molecule has 1 unspecified atom stereocenters. The van der Waals surface area contributed by atoms with Crippen molar-refractivity contribution in [3.05, 3.63) is 57.1 Å². The second kappa shape index (κ2) is 9.68. The highest BCUT2D eigenvalue weighted by Crippen LogP contribution is 2.38. The highest BCUT2D eigenvalue weighted by molar-refractivity contribution is 9.10. The molecule has 1 amide bonds. The second-order valence-electron chi connectivity index (χ2n) is 9.08. The van der Waals surface area contributed by atoms with Crippen molar-refractivity contribution in [2.24, 2.45) is 4.99 Å². The average Bonchev–Trinajstić information content (AvgIpc) is 3.47. The van der Waals surface area contributed by atoms with E-state index in [1.165, 1.54) is 12.1 Å². The lowest BCUT2D eigenvalue weighted by Gasteiger charge is -2.37. The number of rotatable bonds is 4. The van der Waals surface area contributed by atoms with Gasteiger partial charge in [-0.05, 0) is 49.9 Å². The lowest BCUT2D eigenvalue weighted by molar-refractivity contribution is -0.141. The van der Waals surface area contributed by atoms with Gasteiger partial charge in [-0.1, -0.05) is 31.9 Å². The maximum Gasteiger partial charge on any atom is 0.433 e. The molecule has 0 aliphatic carbocycles. The lowest BCUT2D eigenvalue weighted by atomic mass is 9.87. The summed E-state index contributed by atoms with van der Waals surface area (Å²) in [6, 6.07) is 5.48. The van der Waals surface area contributed by atoms with Gasteiger partial charge in [0.05, 0.1) is 5.69 Å². The second-order valence-corrected chi connectivity index (χ2v) is 10.6. The van der Waals surface area contributed by atoms with E-state index in [0.717, 1.165) is 11.8 Å². The van der Waals surface area contributed by atoms with Gasteiger partial charge in [-0.2, -0.15) is 13.2 Å². The molecule has 2 fully saturated rings. The predicted octanol–water partition coefficient (Wildman–Crippen LogP) is 5.66. The molecule has 6 nitrogen and oxygen atoms in total. The molecule has 1 atom stereocenters. The van der Waals surface area contributed by atoms with E-state index in [4.69, 9.17) is 9.73 Å². The maximum absolute atomic E-state index is 14.5. The first-order chi connectivity index (χ1) is 17.1. The number of hydrogen-bond donors (Lipinski definition) is 1. The largest absolute Gasteiger partial charge is 0.433 e. The monoisotopic (exact) mass is 632 g/mol. The lowest BCUT2D eigenvalue weighted by Crippen LogP contribution is -2.49. The van der Waals surface area contributed by atoms with Gasteiger partial charge in [-0.3, -0.25) is 9.79 Å². The Hall–Kier alpha value is -2.05. The third-order valence-electron chi connectivity index (χ3n) is 6.89. The zero-order valence-corrected chi connectivity index (χ0v) is 22.1. The summed E-state index contributed by atoms with van der Waals surface area (Å²) in [5.41, 5.74) is -0.286. The smallest absolute Gasteiger partial charge is 0.372 e. The molecule has 3 aliphatic rings. The third kappa shape index (κ3) is 4.67. The number of aliphatic imine (C=N–C) groups is 1. The molecule has 0 bridgehead atoms. The van der Waals surface area contributed by atoms with Gasteiger partial charge in [0.2, 0.25) is 0 Å². The SMILES string of the molecule is O=C1NC(c2ccc(C(F)(F)F)nc2C2CCCO2)=NC12CCN(c1cc(Br)cc(F)c1CBr)CC2. The molecule has 0 radical (unpaired) electrons. The zero-order chi connectivity index (χ0) is 25.7. The Morgan fingerprint density at radius 2 is 1.97 bits per heavy atom. The zero-order valence-electron chi connectivity index (χ0n) is 19.0. The molecule has 1 aromatic carbocycles. The fraction of sp³-hybridized carbons (Fsp3) is 0.458. The topological polar surface area (TPSA) is 66.8 Å². The first kappa shape index (κ1) is 25.6.